The molecule has 0 aromatic carbocycles. The van der Waals surface area contributed by atoms with Crippen LogP contribution >= 0.6 is 0 Å². The second-order valence-corrected chi connectivity index (χ2v) is 4.43. The van der Waals surface area contributed by atoms with Crippen LogP contribution in [-0.4, -0.2) is 35.9 Å². The Balaban J connectivity index is 2.73. The Morgan fingerprint density at radius 2 is 2.33 bits per heavy atom. The van der Waals surface area contributed by atoms with Crippen LogP contribution in [0, 0.1) is 0 Å². The van der Waals surface area contributed by atoms with Crippen LogP contribution in [-0.2, 0) is 0 Å². The predicted octanol–water partition coefficient (Wildman–Crippen LogP) is 0.962. The van der Waals surface area contributed by atoms with Gasteiger partial charge in [0.05, 0.1) is 0 Å². The topological polar surface area (TPSA) is 0 Å². The molecule has 0 radical (unpaired) electrons. The molecule has 0 bridgehead atoms. The molecule has 0 spiro atoms. The van der Waals surface area contributed by atoms with Gasteiger partial charge < -0.3 is 0 Å². The van der Waals surface area contributed by atoms with E-state index in [2.05, 4.69) is 19.9 Å². The Labute approximate surface area is 55.6 Å². The fourth-order valence-electron chi connectivity index (χ4n) is 0.111. The maximum absolute atomic E-state index is 2.34. The molecule has 0 amide bonds. The summed E-state index contributed by atoms with van der Waals surface area (Å²) < 4.78 is 2.34. The third kappa shape index (κ3) is 5.05. The van der Waals surface area contributed by atoms with Crippen LogP contribution in [0.2, 0.25) is 10.8 Å². The first-order valence-electron chi connectivity index (χ1n) is 1.62. The zero-order valence-corrected chi connectivity index (χ0v) is 8.01. The summed E-state index contributed by atoms with van der Waals surface area (Å²) in [5.41, 5.74) is 0. The van der Waals surface area contributed by atoms with Crippen LogP contribution in [0.4, 0.5) is 0 Å². The molecule has 0 rings (SSSR count). The van der Waals surface area contributed by atoms with Crippen molar-refractivity contribution in [2.75, 3.05) is 0 Å². The molecule has 36 valence electrons. The molecule has 0 saturated carbocycles. The Morgan fingerprint density at radius 3 is 2.50 bits per heavy atom. The molecule has 0 nitrogen and oxygen atoms in total. The van der Waals surface area contributed by atoms with Crippen LogP contribution < -0.4 is 0 Å². The predicted molar refractivity (Wildman–Crippen MR) is 32.4 cm³/mol. The summed E-state index contributed by atoms with van der Waals surface area (Å²) in [7, 11) is 0. The van der Waals surface area contributed by atoms with E-state index in [1.54, 1.807) is 0 Å². The van der Waals surface area contributed by atoms with Crippen LogP contribution in [0.15, 0.2) is 9.10 Å². The molecule has 0 aliphatic rings. The molecule has 0 atom stereocenters. The monoisotopic (exact) mass is 266 g/mol. The molecule has 0 unspecified atom stereocenters. The molecule has 0 saturated heterocycles. The molecule has 0 N–H and O–H groups in total. The average molecular weight is 263 g/mol. The summed E-state index contributed by atoms with van der Waals surface area (Å²) in [6, 6.07) is 0. The molecule has 0 aromatic heterocycles. The summed E-state index contributed by atoms with van der Waals surface area (Å²) in [6.07, 6.45) is 0. The van der Waals surface area contributed by atoms with Crippen molar-refractivity contribution in [3.63, 3.8) is 0 Å². The van der Waals surface area contributed by atoms with Gasteiger partial charge in [-0.2, -0.15) is 0 Å². The van der Waals surface area contributed by atoms with E-state index in [4.69, 9.17) is 0 Å². The molecule has 0 aliphatic carbocycles. The van der Waals surface area contributed by atoms with Crippen molar-refractivity contribution >= 4 is 35.9 Å². The maximum atomic E-state index is 2.34. The van der Waals surface area contributed by atoms with Crippen molar-refractivity contribution in [1.82, 2.24) is 0 Å². The zero-order valence-electron chi connectivity index (χ0n) is 3.97. The summed E-state index contributed by atoms with van der Waals surface area (Å²) in [5.74, 6) is 2.23. The van der Waals surface area contributed by atoms with E-state index in [1.165, 1.54) is 0 Å². The second-order valence-electron chi connectivity index (χ2n) is 0.744. The minimum absolute atomic E-state index is 0.299. The number of hydrogen-bond acceptors (Lipinski definition) is 0. The van der Waals surface area contributed by atoms with E-state index in [1.807, 2.05) is 0 Å². The molecule has 6 heavy (non-hydrogen) atoms. The van der Waals surface area contributed by atoms with Gasteiger partial charge in [0.25, 0.3) is 0 Å². The van der Waals surface area contributed by atoms with E-state index < -0.39 is 0 Å². The van der Waals surface area contributed by atoms with Gasteiger partial charge in [0.15, 0.2) is 0 Å². The Morgan fingerprint density at radius 1 is 1.67 bits per heavy atom. The van der Waals surface area contributed by atoms with Gasteiger partial charge in [-0.1, -0.05) is 0 Å². The van der Waals surface area contributed by atoms with Gasteiger partial charge in [0.2, 0.25) is 0 Å². The molecular weight excluding hydrogens is 255 g/mol. The van der Waals surface area contributed by atoms with Crippen molar-refractivity contribution in [3.05, 3.63) is 9.10 Å². The molecule has 2 heteroatoms. The van der Waals surface area contributed by atoms with E-state index in [0.717, 1.165) is 15.0 Å². The molecule has 0 fully saturated rings. The van der Waals surface area contributed by atoms with Gasteiger partial charge in [0, 0.05) is 0 Å². The van der Waals surface area contributed by atoms with Crippen LogP contribution in [0.5, 0.6) is 0 Å². The average Bonchev–Trinajstić information content (AvgIpc) is 1.61. The first-order valence-corrected chi connectivity index (χ1v) is 8.00. The van der Waals surface area contributed by atoms with Gasteiger partial charge in [-0.05, 0) is 0 Å². The minimum atomic E-state index is 0.299. The normalized spacial score (nSPS) is 10.3. The summed E-state index contributed by atoms with van der Waals surface area (Å²) in [6.45, 7) is 0. The fourth-order valence-corrected chi connectivity index (χ4v) is 3.87. The van der Waals surface area contributed by atoms with Crippen molar-refractivity contribution < 1.29 is 0 Å². The van der Waals surface area contributed by atoms with Gasteiger partial charge in [-0.15, -0.1) is 0 Å². The van der Waals surface area contributed by atoms with Gasteiger partial charge >= 0.3 is 55.8 Å². The van der Waals surface area contributed by atoms with Crippen LogP contribution in [0.3, 0.4) is 0 Å². The van der Waals surface area contributed by atoms with E-state index in [0.29, 0.717) is 20.9 Å². The molecule has 0 heterocycles. The second kappa shape index (κ2) is 6.05. The number of hydrogen-bond donors (Lipinski definition) is 0. The summed E-state index contributed by atoms with van der Waals surface area (Å²) >= 11 is 1.08. The van der Waals surface area contributed by atoms with Crippen LogP contribution in [0.25, 0.3) is 0 Å². The Kier molecular flexibility index (Phi) is 7.11. The van der Waals surface area contributed by atoms with Gasteiger partial charge in [-0.25, -0.2) is 0 Å². The standard InChI is InChI=1S/C4H8SeTe/c1-5-3-4-6-2/h3-4H,1-2H3. The fraction of sp³-hybridized carbons (Fsp3) is 0.500. The van der Waals surface area contributed by atoms with E-state index in [9.17, 15) is 0 Å². The summed E-state index contributed by atoms with van der Waals surface area (Å²) in [5, 5.41) is 0. The zero-order chi connectivity index (χ0) is 4.83. The van der Waals surface area contributed by atoms with Crippen molar-refractivity contribution in [3.8, 4) is 0 Å². The SMILES string of the molecule is C[Se]C=C[Te]C. The Bertz CT molecular complexity index is 36.8. The first kappa shape index (κ1) is 7.05. The molecule has 0 aliphatic heterocycles. The summed E-state index contributed by atoms with van der Waals surface area (Å²) in [4.78, 5) is 4.59. The van der Waals surface area contributed by atoms with Gasteiger partial charge in [-0.3, -0.25) is 0 Å². The molecular formula is C4H8SeTe. The van der Waals surface area contributed by atoms with Gasteiger partial charge in [0.1, 0.15) is 0 Å². The van der Waals surface area contributed by atoms with Crippen LogP contribution in [0.1, 0.15) is 0 Å². The number of rotatable bonds is 2. The third-order valence-corrected chi connectivity index (χ3v) is 3.56. The van der Waals surface area contributed by atoms with Crippen molar-refractivity contribution in [2.45, 2.75) is 10.8 Å². The first-order chi connectivity index (χ1) is 2.91. The molecule has 0 aromatic rings. The van der Waals surface area contributed by atoms with Crippen molar-refractivity contribution in [2.24, 2.45) is 0 Å². The Hall–Kier alpha value is 1.05. The third-order valence-electron chi connectivity index (χ3n) is 0.328. The van der Waals surface area contributed by atoms with E-state index >= 15 is 0 Å². The van der Waals surface area contributed by atoms with E-state index in [-0.39, 0.29) is 0 Å². The quantitative estimate of drug-likeness (QED) is 0.651. The van der Waals surface area contributed by atoms with Crippen molar-refractivity contribution in [1.29, 1.82) is 0 Å².